The van der Waals surface area contributed by atoms with Crippen LogP contribution in [0, 0.1) is 0 Å². The predicted molar refractivity (Wildman–Crippen MR) is 29.3 cm³/mol. The molecule has 0 N–H and O–H groups in total. The summed E-state index contributed by atoms with van der Waals surface area (Å²) >= 11 is 0. The molecule has 1 fully saturated rings. The summed E-state index contributed by atoms with van der Waals surface area (Å²) < 4.78 is 4.66. The molecule has 1 rings (SSSR count). The molecule has 0 aliphatic carbocycles. The zero-order valence-corrected chi connectivity index (χ0v) is 4.81. The Balaban J connectivity index is 2.48. The molecule has 2 nitrogen and oxygen atoms in total. The highest BCUT2D eigenvalue weighted by Crippen LogP contribution is 2.21. The van der Waals surface area contributed by atoms with Crippen molar-refractivity contribution in [2.45, 2.75) is 19.4 Å². The highest BCUT2D eigenvalue weighted by molar-refractivity contribution is 5.94. The molecule has 2 heteroatoms. The highest BCUT2D eigenvalue weighted by atomic mass is 16.6. The van der Waals surface area contributed by atoms with Gasteiger partial charge in [-0.3, -0.25) is 0 Å². The maximum absolute atomic E-state index is 10.3. The topological polar surface area (TPSA) is 26.3 Å². The Hall–Kier alpha value is -0.790. The fourth-order valence-corrected chi connectivity index (χ4v) is 0.679. The molecule has 0 saturated carbocycles. The Kier molecular flexibility index (Phi) is 1.08. The number of cyclic esters (lactones) is 1. The Morgan fingerprint density at radius 3 is 2.62 bits per heavy atom. The van der Waals surface area contributed by atoms with E-state index in [9.17, 15) is 4.79 Å². The fraction of sp³-hybridized carbons (Fsp3) is 0.500. The van der Waals surface area contributed by atoms with Crippen LogP contribution in [-0.2, 0) is 9.53 Å². The van der Waals surface area contributed by atoms with E-state index in [2.05, 4.69) is 11.3 Å². The molecule has 0 bridgehead atoms. The van der Waals surface area contributed by atoms with E-state index in [4.69, 9.17) is 0 Å². The SMILES string of the molecule is C=C1C(=O)OC1CC. The largest absolute Gasteiger partial charge is 0.454 e. The Morgan fingerprint density at radius 2 is 2.50 bits per heavy atom. The molecule has 1 heterocycles. The molecule has 1 atom stereocenters. The number of hydrogen-bond acceptors (Lipinski definition) is 2. The van der Waals surface area contributed by atoms with Crippen LogP contribution in [0.5, 0.6) is 0 Å². The summed E-state index contributed by atoms with van der Waals surface area (Å²) in [5.74, 6) is -0.239. The molecule has 0 amide bonds. The van der Waals surface area contributed by atoms with Gasteiger partial charge in [0, 0.05) is 0 Å². The molecule has 44 valence electrons. The van der Waals surface area contributed by atoms with Crippen molar-refractivity contribution in [3.05, 3.63) is 12.2 Å². The molecular weight excluding hydrogens is 104 g/mol. The van der Waals surface area contributed by atoms with Crippen LogP contribution in [0.15, 0.2) is 12.2 Å². The normalized spacial score (nSPS) is 26.9. The van der Waals surface area contributed by atoms with Crippen molar-refractivity contribution in [1.82, 2.24) is 0 Å². The molecule has 1 aliphatic rings. The standard InChI is InChI=1S/C6H8O2/c1-3-5-4(2)6(7)8-5/h5H,2-3H2,1H3. The Morgan fingerprint density at radius 1 is 1.88 bits per heavy atom. The van der Waals surface area contributed by atoms with Gasteiger partial charge in [-0.25, -0.2) is 4.79 Å². The van der Waals surface area contributed by atoms with Crippen LogP contribution in [-0.4, -0.2) is 12.1 Å². The van der Waals surface area contributed by atoms with Crippen LogP contribution in [0.25, 0.3) is 0 Å². The third-order valence-electron chi connectivity index (χ3n) is 1.27. The molecule has 8 heavy (non-hydrogen) atoms. The summed E-state index contributed by atoms with van der Waals surface area (Å²) in [6.07, 6.45) is 0.868. The molecule has 0 radical (unpaired) electrons. The van der Waals surface area contributed by atoms with Gasteiger partial charge in [0.25, 0.3) is 0 Å². The first-order chi connectivity index (χ1) is 3.75. The van der Waals surface area contributed by atoms with Crippen molar-refractivity contribution in [1.29, 1.82) is 0 Å². The van der Waals surface area contributed by atoms with Crippen molar-refractivity contribution < 1.29 is 9.53 Å². The van der Waals surface area contributed by atoms with Crippen LogP contribution in [0.3, 0.4) is 0 Å². The van der Waals surface area contributed by atoms with E-state index in [1.54, 1.807) is 0 Å². The summed E-state index contributed by atoms with van der Waals surface area (Å²) in [6, 6.07) is 0. The predicted octanol–water partition coefficient (Wildman–Crippen LogP) is 0.878. The van der Waals surface area contributed by atoms with Crippen molar-refractivity contribution in [2.75, 3.05) is 0 Å². The van der Waals surface area contributed by atoms with E-state index >= 15 is 0 Å². The lowest BCUT2D eigenvalue weighted by atomic mass is 10.1. The minimum absolute atomic E-state index is 0.0162. The van der Waals surface area contributed by atoms with Crippen molar-refractivity contribution >= 4 is 5.97 Å². The number of esters is 1. The minimum atomic E-state index is -0.239. The lowest BCUT2D eigenvalue weighted by molar-refractivity contribution is -0.155. The van der Waals surface area contributed by atoms with Gasteiger partial charge in [-0.1, -0.05) is 13.5 Å². The maximum atomic E-state index is 10.3. The van der Waals surface area contributed by atoms with E-state index in [1.165, 1.54) is 0 Å². The Bertz CT molecular complexity index is 137. The van der Waals surface area contributed by atoms with E-state index in [0.717, 1.165) is 6.42 Å². The first kappa shape index (κ1) is 5.35. The maximum Gasteiger partial charge on any atom is 0.337 e. The van der Waals surface area contributed by atoms with Gasteiger partial charge in [-0.05, 0) is 6.42 Å². The van der Waals surface area contributed by atoms with Crippen LogP contribution < -0.4 is 0 Å². The average Bonchev–Trinajstić information content (AvgIpc) is 1.81. The number of carbonyl (C=O) groups excluding carboxylic acids is 1. The first-order valence-corrected chi connectivity index (χ1v) is 2.65. The molecule has 0 spiro atoms. The summed E-state index contributed by atoms with van der Waals surface area (Å²) in [5.41, 5.74) is 0.618. The van der Waals surface area contributed by atoms with Gasteiger partial charge in [-0.2, -0.15) is 0 Å². The van der Waals surface area contributed by atoms with Crippen molar-refractivity contribution in [2.24, 2.45) is 0 Å². The lowest BCUT2D eigenvalue weighted by Gasteiger charge is -2.26. The van der Waals surface area contributed by atoms with E-state index in [-0.39, 0.29) is 12.1 Å². The third-order valence-corrected chi connectivity index (χ3v) is 1.27. The first-order valence-electron chi connectivity index (χ1n) is 2.65. The van der Waals surface area contributed by atoms with Crippen LogP contribution >= 0.6 is 0 Å². The summed E-state index contributed by atoms with van der Waals surface area (Å²) in [5, 5.41) is 0. The summed E-state index contributed by atoms with van der Waals surface area (Å²) in [6.45, 7) is 5.48. The molecule has 0 aromatic heterocycles. The van der Waals surface area contributed by atoms with E-state index < -0.39 is 0 Å². The van der Waals surface area contributed by atoms with Gasteiger partial charge in [0.1, 0.15) is 6.10 Å². The van der Waals surface area contributed by atoms with Crippen molar-refractivity contribution in [3.63, 3.8) is 0 Å². The summed E-state index contributed by atoms with van der Waals surface area (Å²) in [4.78, 5) is 10.3. The van der Waals surface area contributed by atoms with Crippen LogP contribution in [0.1, 0.15) is 13.3 Å². The zero-order valence-electron chi connectivity index (χ0n) is 4.81. The van der Waals surface area contributed by atoms with Gasteiger partial charge >= 0.3 is 5.97 Å². The quantitative estimate of drug-likeness (QED) is 0.371. The molecule has 1 saturated heterocycles. The average molecular weight is 112 g/mol. The number of carbonyl (C=O) groups is 1. The lowest BCUT2D eigenvalue weighted by Crippen LogP contribution is -2.35. The third kappa shape index (κ3) is 0.529. The molecular formula is C6H8O2. The van der Waals surface area contributed by atoms with Crippen LogP contribution in [0.2, 0.25) is 0 Å². The van der Waals surface area contributed by atoms with E-state index in [1.807, 2.05) is 6.92 Å². The number of hydrogen-bond donors (Lipinski definition) is 0. The monoisotopic (exact) mass is 112 g/mol. The summed E-state index contributed by atoms with van der Waals surface area (Å²) in [7, 11) is 0. The van der Waals surface area contributed by atoms with Crippen LogP contribution in [0.4, 0.5) is 0 Å². The van der Waals surface area contributed by atoms with Gasteiger partial charge in [0.2, 0.25) is 0 Å². The second-order valence-electron chi connectivity index (χ2n) is 1.83. The van der Waals surface area contributed by atoms with Gasteiger partial charge in [-0.15, -0.1) is 0 Å². The second kappa shape index (κ2) is 1.62. The van der Waals surface area contributed by atoms with Gasteiger partial charge < -0.3 is 4.74 Å². The molecule has 0 aromatic carbocycles. The fourth-order valence-electron chi connectivity index (χ4n) is 0.679. The second-order valence-corrected chi connectivity index (χ2v) is 1.83. The molecule has 1 aliphatic heterocycles. The Labute approximate surface area is 48.1 Å². The highest BCUT2D eigenvalue weighted by Gasteiger charge is 2.31. The molecule has 1 unspecified atom stereocenters. The number of rotatable bonds is 1. The smallest absolute Gasteiger partial charge is 0.337 e. The van der Waals surface area contributed by atoms with Crippen molar-refractivity contribution in [3.8, 4) is 0 Å². The molecule has 0 aromatic rings. The zero-order chi connectivity index (χ0) is 6.15. The number of ether oxygens (including phenoxy) is 1. The van der Waals surface area contributed by atoms with E-state index in [0.29, 0.717) is 5.57 Å². The minimum Gasteiger partial charge on any atom is -0.454 e. The van der Waals surface area contributed by atoms with Gasteiger partial charge in [0.15, 0.2) is 0 Å². The van der Waals surface area contributed by atoms with Gasteiger partial charge in [0.05, 0.1) is 5.57 Å².